The number of rotatable bonds is 5. The maximum atomic E-state index is 13.3. The molecule has 1 fully saturated rings. The topological polar surface area (TPSA) is 81.7 Å². The second kappa shape index (κ2) is 6.83. The number of ether oxygens (including phenoxy) is 2. The summed E-state index contributed by atoms with van der Waals surface area (Å²) >= 11 is 0. The van der Waals surface area contributed by atoms with E-state index in [0.29, 0.717) is 23.4 Å². The van der Waals surface area contributed by atoms with Gasteiger partial charge in [-0.15, -0.1) is 0 Å². The Labute approximate surface area is 154 Å². The van der Waals surface area contributed by atoms with Crippen molar-refractivity contribution in [3.05, 3.63) is 59.4 Å². The molecule has 2 aromatic carbocycles. The summed E-state index contributed by atoms with van der Waals surface area (Å²) in [6, 6.07) is 10.8. The summed E-state index contributed by atoms with van der Waals surface area (Å²) in [5, 5.41) is 2.62. The molecule has 0 aromatic heterocycles. The summed E-state index contributed by atoms with van der Waals surface area (Å²) in [5.41, 5.74) is 1.48. The van der Waals surface area contributed by atoms with E-state index in [1.54, 1.807) is 24.3 Å². The van der Waals surface area contributed by atoms with Crippen molar-refractivity contribution in [2.75, 3.05) is 18.5 Å². The number of Topliss-reactive ketones (excluding diaryl/α,β-unsaturated/α-hetero) is 1. The first-order chi connectivity index (χ1) is 13.0. The van der Waals surface area contributed by atoms with Crippen molar-refractivity contribution in [2.45, 2.75) is 12.3 Å². The zero-order chi connectivity index (χ0) is 19.0. The summed E-state index contributed by atoms with van der Waals surface area (Å²) in [6.45, 7) is -0.454. The molecule has 0 bridgehead atoms. The highest BCUT2D eigenvalue weighted by Gasteiger charge is 2.45. The first-order valence-corrected chi connectivity index (χ1v) is 8.53. The van der Waals surface area contributed by atoms with Gasteiger partial charge in [-0.25, -0.2) is 4.39 Å². The molecule has 4 rings (SSSR count). The highest BCUT2D eigenvalue weighted by Crippen LogP contribution is 2.48. The minimum Gasteiger partial charge on any atom is -0.482 e. The van der Waals surface area contributed by atoms with Crippen LogP contribution < -0.4 is 10.1 Å². The highest BCUT2D eigenvalue weighted by molar-refractivity contribution is 6.01. The van der Waals surface area contributed by atoms with Gasteiger partial charge in [0.15, 0.2) is 19.0 Å². The van der Waals surface area contributed by atoms with Gasteiger partial charge in [0.25, 0.3) is 5.91 Å². The standard InChI is InChI=1S/C20H16FNO5/c21-13-3-1-2-11(6-13)14-8-15(14)20(25)27-9-17(23)12-4-5-18-16(7-12)22-19(24)10-26-18/h1-7,14-15H,8-10H2,(H,22,24)/t14-,15-/m1/s1. The number of benzene rings is 2. The fourth-order valence-corrected chi connectivity index (χ4v) is 3.14. The van der Waals surface area contributed by atoms with Gasteiger partial charge in [0.1, 0.15) is 11.6 Å². The molecule has 7 heteroatoms. The summed E-state index contributed by atoms with van der Waals surface area (Å²) in [5.74, 6) is -1.42. The van der Waals surface area contributed by atoms with Crippen LogP contribution in [0, 0.1) is 11.7 Å². The van der Waals surface area contributed by atoms with E-state index in [2.05, 4.69) is 5.32 Å². The van der Waals surface area contributed by atoms with Crippen molar-refractivity contribution in [3.8, 4) is 5.75 Å². The predicted octanol–water partition coefficient (Wildman–Crippen LogP) is 2.69. The fraction of sp³-hybridized carbons (Fsp3) is 0.250. The van der Waals surface area contributed by atoms with Gasteiger partial charge < -0.3 is 14.8 Å². The zero-order valence-corrected chi connectivity index (χ0v) is 14.2. The molecule has 0 unspecified atom stereocenters. The van der Waals surface area contributed by atoms with E-state index in [1.165, 1.54) is 18.2 Å². The molecule has 1 saturated carbocycles. The Kier molecular flexibility index (Phi) is 4.35. The van der Waals surface area contributed by atoms with Crippen LogP contribution >= 0.6 is 0 Å². The van der Waals surface area contributed by atoms with Gasteiger partial charge in [0.2, 0.25) is 0 Å². The highest BCUT2D eigenvalue weighted by atomic mass is 19.1. The third kappa shape index (κ3) is 3.67. The molecule has 138 valence electrons. The van der Waals surface area contributed by atoms with E-state index in [0.717, 1.165) is 5.56 Å². The lowest BCUT2D eigenvalue weighted by atomic mass is 10.1. The van der Waals surface area contributed by atoms with Crippen molar-refractivity contribution >= 4 is 23.3 Å². The lowest BCUT2D eigenvalue weighted by Crippen LogP contribution is -2.25. The quantitative estimate of drug-likeness (QED) is 0.647. The van der Waals surface area contributed by atoms with Crippen LogP contribution in [0.1, 0.15) is 28.3 Å². The first kappa shape index (κ1) is 17.2. The van der Waals surface area contributed by atoms with E-state index in [-0.39, 0.29) is 36.0 Å². The van der Waals surface area contributed by atoms with Crippen LogP contribution in [0.5, 0.6) is 5.75 Å². The minimum atomic E-state index is -0.466. The molecule has 2 aromatic rings. The normalized spacial score (nSPS) is 20.1. The molecule has 6 nitrogen and oxygen atoms in total. The maximum Gasteiger partial charge on any atom is 0.310 e. The van der Waals surface area contributed by atoms with Crippen molar-refractivity contribution in [3.63, 3.8) is 0 Å². The Hall–Kier alpha value is -3.22. The van der Waals surface area contributed by atoms with Crippen LogP contribution in [0.4, 0.5) is 10.1 Å². The second-order valence-corrected chi connectivity index (χ2v) is 6.58. The Bertz CT molecular complexity index is 942. The smallest absolute Gasteiger partial charge is 0.310 e. The molecule has 1 aliphatic carbocycles. The number of halogens is 1. The van der Waals surface area contributed by atoms with Crippen LogP contribution in [0.25, 0.3) is 0 Å². The molecule has 1 aliphatic heterocycles. The number of anilines is 1. The lowest BCUT2D eigenvalue weighted by Gasteiger charge is -2.18. The number of amides is 1. The number of hydrogen-bond acceptors (Lipinski definition) is 5. The number of hydrogen-bond donors (Lipinski definition) is 1. The Morgan fingerprint density at radius 1 is 1.22 bits per heavy atom. The van der Waals surface area contributed by atoms with E-state index in [9.17, 15) is 18.8 Å². The molecule has 0 spiro atoms. The van der Waals surface area contributed by atoms with Gasteiger partial charge >= 0.3 is 5.97 Å². The molecule has 2 aliphatic rings. The van der Waals surface area contributed by atoms with Gasteiger partial charge in [0, 0.05) is 5.56 Å². The number of carbonyl (C=O) groups is 3. The fourth-order valence-electron chi connectivity index (χ4n) is 3.14. The SMILES string of the molecule is O=C1COc2ccc(C(=O)COC(=O)[C@@H]3C[C@@H]3c3cccc(F)c3)cc2N1. The second-order valence-electron chi connectivity index (χ2n) is 6.58. The average Bonchev–Trinajstić information content (AvgIpc) is 3.46. The van der Waals surface area contributed by atoms with Crippen LogP contribution in [-0.4, -0.2) is 30.9 Å². The molecule has 0 saturated heterocycles. The number of fused-ring (bicyclic) bond motifs is 1. The minimum absolute atomic E-state index is 0.0637. The average molecular weight is 369 g/mol. The Balaban J connectivity index is 1.34. The van der Waals surface area contributed by atoms with Gasteiger partial charge in [0.05, 0.1) is 11.6 Å². The molecule has 1 N–H and O–H groups in total. The van der Waals surface area contributed by atoms with Crippen LogP contribution in [0.15, 0.2) is 42.5 Å². The Morgan fingerprint density at radius 3 is 2.89 bits per heavy atom. The van der Waals surface area contributed by atoms with E-state index in [1.807, 2.05) is 0 Å². The number of ketones is 1. The van der Waals surface area contributed by atoms with Gasteiger partial charge in [-0.2, -0.15) is 0 Å². The van der Waals surface area contributed by atoms with Crippen molar-refractivity contribution in [2.24, 2.45) is 5.92 Å². The van der Waals surface area contributed by atoms with Gasteiger partial charge in [-0.3, -0.25) is 14.4 Å². The molecule has 1 heterocycles. The van der Waals surface area contributed by atoms with E-state index in [4.69, 9.17) is 9.47 Å². The van der Waals surface area contributed by atoms with Crippen molar-refractivity contribution in [1.82, 2.24) is 0 Å². The number of esters is 1. The first-order valence-electron chi connectivity index (χ1n) is 8.53. The largest absolute Gasteiger partial charge is 0.482 e. The molecule has 27 heavy (non-hydrogen) atoms. The zero-order valence-electron chi connectivity index (χ0n) is 14.2. The molecule has 1 amide bonds. The lowest BCUT2D eigenvalue weighted by molar-refractivity contribution is -0.144. The maximum absolute atomic E-state index is 13.3. The van der Waals surface area contributed by atoms with Crippen molar-refractivity contribution < 1.29 is 28.2 Å². The predicted molar refractivity (Wildman–Crippen MR) is 93.1 cm³/mol. The number of carbonyl (C=O) groups excluding carboxylic acids is 3. The summed E-state index contributed by atoms with van der Waals surface area (Å²) < 4.78 is 23.6. The third-order valence-electron chi connectivity index (χ3n) is 4.65. The molecular formula is C20H16FNO5. The molecule has 2 atom stereocenters. The van der Waals surface area contributed by atoms with Crippen LogP contribution in [-0.2, 0) is 14.3 Å². The number of nitrogens with one attached hydrogen (secondary N) is 1. The molecule has 0 radical (unpaired) electrons. The van der Waals surface area contributed by atoms with Crippen molar-refractivity contribution in [1.29, 1.82) is 0 Å². The van der Waals surface area contributed by atoms with Crippen LogP contribution in [0.2, 0.25) is 0 Å². The Morgan fingerprint density at radius 2 is 2.07 bits per heavy atom. The van der Waals surface area contributed by atoms with E-state index >= 15 is 0 Å². The monoisotopic (exact) mass is 369 g/mol. The summed E-state index contributed by atoms with van der Waals surface area (Å²) in [7, 11) is 0. The summed E-state index contributed by atoms with van der Waals surface area (Å²) in [4.78, 5) is 35.8. The van der Waals surface area contributed by atoms with Crippen LogP contribution in [0.3, 0.4) is 0 Å². The van der Waals surface area contributed by atoms with E-state index < -0.39 is 12.6 Å². The summed E-state index contributed by atoms with van der Waals surface area (Å²) in [6.07, 6.45) is 0.582. The van der Waals surface area contributed by atoms with Gasteiger partial charge in [-0.05, 0) is 48.2 Å². The van der Waals surface area contributed by atoms with Gasteiger partial charge in [-0.1, -0.05) is 12.1 Å². The third-order valence-corrected chi connectivity index (χ3v) is 4.65. The molecular weight excluding hydrogens is 353 g/mol.